The third-order valence-electron chi connectivity index (χ3n) is 5.24. The van der Waals surface area contributed by atoms with Crippen LogP contribution < -0.4 is 14.2 Å². The zero-order valence-electron chi connectivity index (χ0n) is 18.9. The van der Waals surface area contributed by atoms with Gasteiger partial charge in [0.05, 0.1) is 35.7 Å². The van der Waals surface area contributed by atoms with E-state index < -0.39 is 0 Å². The topological polar surface area (TPSA) is 48.0 Å². The lowest BCUT2D eigenvalue weighted by molar-refractivity contribution is -0.122. The van der Waals surface area contributed by atoms with E-state index in [-0.39, 0.29) is 5.91 Å². The number of thioether (sulfide) groups is 1. The van der Waals surface area contributed by atoms with Crippen molar-refractivity contribution >= 4 is 63.5 Å². The molecule has 0 aromatic heterocycles. The van der Waals surface area contributed by atoms with Gasteiger partial charge in [-0.1, -0.05) is 71.4 Å². The lowest BCUT2D eigenvalue weighted by Crippen LogP contribution is -2.27. The highest BCUT2D eigenvalue weighted by Crippen LogP contribution is 2.36. The van der Waals surface area contributed by atoms with Crippen LogP contribution in [0, 0.1) is 0 Å². The Morgan fingerprint density at radius 1 is 0.914 bits per heavy atom. The van der Waals surface area contributed by atoms with Gasteiger partial charge >= 0.3 is 0 Å². The average molecular weight is 546 g/mol. The van der Waals surface area contributed by atoms with Crippen molar-refractivity contribution in [2.24, 2.45) is 0 Å². The molecule has 0 N–H and O–H groups in total. The molecule has 0 bridgehead atoms. The minimum Gasteiger partial charge on any atom is -0.497 e. The predicted octanol–water partition coefficient (Wildman–Crippen LogP) is 6.99. The smallest absolute Gasteiger partial charge is 0.266 e. The number of halogens is 2. The van der Waals surface area contributed by atoms with Gasteiger partial charge < -0.3 is 14.2 Å². The number of carbonyl (C=O) groups excluding carboxylic acids is 1. The van der Waals surface area contributed by atoms with Crippen molar-refractivity contribution in [3.8, 4) is 17.2 Å². The van der Waals surface area contributed by atoms with Gasteiger partial charge in [-0.25, -0.2) is 0 Å². The third-order valence-corrected chi connectivity index (χ3v) is 7.35. The first-order valence-corrected chi connectivity index (χ1v) is 12.5. The molecule has 0 atom stereocenters. The summed E-state index contributed by atoms with van der Waals surface area (Å²) in [5, 5.41) is 0.964. The molecule has 1 heterocycles. The number of benzene rings is 3. The molecule has 35 heavy (non-hydrogen) atoms. The van der Waals surface area contributed by atoms with Crippen LogP contribution in [0.15, 0.2) is 65.6 Å². The summed E-state index contributed by atoms with van der Waals surface area (Å²) in [6, 6.07) is 18.4. The Kier molecular flexibility index (Phi) is 8.23. The van der Waals surface area contributed by atoms with Crippen LogP contribution in [0.4, 0.5) is 0 Å². The van der Waals surface area contributed by atoms with Crippen LogP contribution in [0.2, 0.25) is 10.0 Å². The van der Waals surface area contributed by atoms with Crippen LogP contribution in [0.3, 0.4) is 0 Å². The molecule has 3 aromatic rings. The minimum absolute atomic E-state index is 0.130. The first-order valence-electron chi connectivity index (χ1n) is 10.5. The zero-order chi connectivity index (χ0) is 24.9. The Morgan fingerprint density at radius 2 is 1.66 bits per heavy atom. The summed E-state index contributed by atoms with van der Waals surface area (Å²) in [4.78, 5) is 15.2. The molecule has 3 aromatic carbocycles. The molecule has 9 heteroatoms. The van der Waals surface area contributed by atoms with Gasteiger partial charge in [0.2, 0.25) is 0 Å². The lowest BCUT2D eigenvalue weighted by atomic mass is 10.1. The van der Waals surface area contributed by atoms with Crippen LogP contribution >= 0.6 is 47.2 Å². The van der Waals surface area contributed by atoms with Crippen molar-refractivity contribution in [2.45, 2.75) is 13.2 Å². The molecule has 1 amide bonds. The number of hydrogen-bond acceptors (Lipinski definition) is 6. The average Bonchev–Trinajstić information content (AvgIpc) is 3.12. The van der Waals surface area contributed by atoms with Crippen LogP contribution in [0.1, 0.15) is 16.7 Å². The van der Waals surface area contributed by atoms with Gasteiger partial charge in [0.15, 0.2) is 11.5 Å². The number of thiocarbonyl (C=S) groups is 1. The molecular formula is C26H21Cl2NO4S2. The zero-order valence-corrected chi connectivity index (χ0v) is 22.1. The van der Waals surface area contributed by atoms with Crippen molar-refractivity contribution in [1.29, 1.82) is 0 Å². The second kappa shape index (κ2) is 11.4. The van der Waals surface area contributed by atoms with E-state index in [2.05, 4.69) is 0 Å². The van der Waals surface area contributed by atoms with Gasteiger partial charge in [0.25, 0.3) is 5.91 Å². The van der Waals surface area contributed by atoms with Crippen molar-refractivity contribution in [1.82, 2.24) is 4.90 Å². The van der Waals surface area contributed by atoms with Crippen LogP contribution in [-0.2, 0) is 17.9 Å². The van der Waals surface area contributed by atoms with Crippen molar-refractivity contribution in [3.05, 3.63) is 92.3 Å². The van der Waals surface area contributed by atoms with E-state index in [0.717, 1.165) is 22.4 Å². The van der Waals surface area contributed by atoms with Gasteiger partial charge in [-0.3, -0.25) is 9.69 Å². The van der Waals surface area contributed by atoms with Crippen LogP contribution in [0.5, 0.6) is 17.2 Å². The number of amides is 1. The Bertz CT molecular complexity index is 1300. The maximum Gasteiger partial charge on any atom is 0.266 e. The highest BCUT2D eigenvalue weighted by molar-refractivity contribution is 8.26. The quantitative estimate of drug-likeness (QED) is 0.224. The summed E-state index contributed by atoms with van der Waals surface area (Å²) in [6.07, 6.45) is 1.80. The third kappa shape index (κ3) is 6.11. The fourth-order valence-electron chi connectivity index (χ4n) is 3.38. The molecule has 0 aliphatic carbocycles. The monoisotopic (exact) mass is 545 g/mol. The number of hydrogen-bond donors (Lipinski definition) is 0. The van der Waals surface area contributed by atoms with Gasteiger partial charge in [-0.05, 0) is 59.2 Å². The van der Waals surface area contributed by atoms with Gasteiger partial charge in [-0.15, -0.1) is 0 Å². The Morgan fingerprint density at radius 3 is 2.34 bits per heavy atom. The molecule has 1 saturated heterocycles. The van der Waals surface area contributed by atoms with Crippen molar-refractivity contribution in [2.75, 3.05) is 14.2 Å². The first kappa shape index (κ1) is 25.4. The van der Waals surface area contributed by atoms with Gasteiger partial charge in [0, 0.05) is 0 Å². The van der Waals surface area contributed by atoms with E-state index in [1.807, 2.05) is 42.5 Å². The van der Waals surface area contributed by atoms with E-state index in [1.54, 1.807) is 43.4 Å². The number of methoxy groups -OCH3 is 2. The summed E-state index contributed by atoms with van der Waals surface area (Å²) < 4.78 is 17.1. The second-order valence-electron chi connectivity index (χ2n) is 7.56. The van der Waals surface area contributed by atoms with E-state index in [0.29, 0.717) is 43.9 Å². The fraction of sp³-hybridized carbons (Fsp3) is 0.154. The second-order valence-corrected chi connectivity index (χ2v) is 10.1. The van der Waals surface area contributed by atoms with Gasteiger partial charge in [-0.2, -0.15) is 0 Å². The molecular weight excluding hydrogens is 525 g/mol. The maximum absolute atomic E-state index is 13.0. The van der Waals surface area contributed by atoms with Gasteiger partial charge in [0.1, 0.15) is 16.7 Å². The number of ether oxygens (including phenoxy) is 3. The minimum atomic E-state index is -0.130. The van der Waals surface area contributed by atoms with Crippen molar-refractivity contribution in [3.63, 3.8) is 0 Å². The summed E-state index contributed by atoms with van der Waals surface area (Å²) >= 11 is 18.8. The maximum atomic E-state index is 13.0. The lowest BCUT2D eigenvalue weighted by Gasteiger charge is -2.14. The summed E-state index contributed by atoms with van der Waals surface area (Å²) in [6.45, 7) is 0.702. The highest BCUT2D eigenvalue weighted by Gasteiger charge is 2.32. The van der Waals surface area contributed by atoms with E-state index in [9.17, 15) is 4.79 Å². The molecule has 1 aliphatic heterocycles. The number of rotatable bonds is 8. The van der Waals surface area contributed by atoms with E-state index in [1.165, 1.54) is 11.8 Å². The molecule has 1 fully saturated rings. The SMILES string of the molecule is COc1ccc(CN2C(=O)C(=Cc3ccc(OCc4ccc(Cl)c(Cl)c4)c(OC)c3)SC2=S)cc1. The molecule has 0 saturated carbocycles. The first-order chi connectivity index (χ1) is 16.9. The molecule has 180 valence electrons. The van der Waals surface area contributed by atoms with Crippen molar-refractivity contribution < 1.29 is 19.0 Å². The summed E-state index contributed by atoms with van der Waals surface area (Å²) in [5.41, 5.74) is 2.65. The van der Waals surface area contributed by atoms with Crippen LogP contribution in [-0.4, -0.2) is 29.3 Å². The molecule has 1 aliphatic rings. The van der Waals surface area contributed by atoms with E-state index in [4.69, 9.17) is 49.6 Å². The largest absolute Gasteiger partial charge is 0.497 e. The molecule has 5 nitrogen and oxygen atoms in total. The van der Waals surface area contributed by atoms with Crippen LogP contribution in [0.25, 0.3) is 6.08 Å². The Hall–Kier alpha value is -2.71. The summed E-state index contributed by atoms with van der Waals surface area (Å²) in [7, 11) is 3.19. The number of nitrogens with zero attached hydrogens (tertiary/aromatic N) is 1. The predicted molar refractivity (Wildman–Crippen MR) is 145 cm³/mol. The molecule has 0 unspecified atom stereocenters. The molecule has 4 rings (SSSR count). The molecule has 0 spiro atoms. The normalized spacial score (nSPS) is 14.5. The Balaban J connectivity index is 1.46. The Labute approximate surface area is 223 Å². The number of carbonyl (C=O) groups is 1. The summed E-state index contributed by atoms with van der Waals surface area (Å²) in [5.74, 6) is 1.75. The molecule has 0 radical (unpaired) electrons. The standard InChI is InChI=1S/C26H21Cl2NO4S2/c1-31-19-7-3-16(4-8-19)14-29-25(30)24(35-26(29)34)13-17-6-10-22(23(12-17)32-2)33-15-18-5-9-20(27)21(28)11-18/h3-13H,14-15H2,1-2H3. The fourth-order valence-corrected chi connectivity index (χ4v) is 4.96. The highest BCUT2D eigenvalue weighted by atomic mass is 35.5. The van der Waals surface area contributed by atoms with E-state index >= 15 is 0 Å².